The number of amides is 2. The minimum Gasteiger partial charge on any atom is -0.393 e. The molecule has 3 aliphatic rings. The highest BCUT2D eigenvalue weighted by Crippen LogP contribution is 2.38. The number of anilines is 3. The van der Waals surface area contributed by atoms with Crippen LogP contribution in [0.3, 0.4) is 0 Å². The number of piperidine rings is 1. The summed E-state index contributed by atoms with van der Waals surface area (Å²) in [4.78, 5) is 28.3. The summed E-state index contributed by atoms with van der Waals surface area (Å²) in [5.41, 5.74) is 6.76. The molecule has 0 saturated carbocycles. The number of aryl methyl sites for hydroxylation is 1. The van der Waals surface area contributed by atoms with E-state index < -0.39 is 0 Å². The zero-order valence-corrected chi connectivity index (χ0v) is 25.4. The smallest absolute Gasteiger partial charge is 0.255 e. The minimum absolute atomic E-state index is 0.0222. The molecule has 2 amide bonds. The van der Waals surface area contributed by atoms with Crippen molar-refractivity contribution in [2.75, 3.05) is 28.3 Å². The van der Waals surface area contributed by atoms with Crippen molar-refractivity contribution in [2.45, 2.75) is 25.9 Å². The highest BCUT2D eigenvalue weighted by atomic mass is 16.3. The number of fused-ring (bicyclic) bond motifs is 2. The number of aliphatic hydroxyl groups is 1. The van der Waals surface area contributed by atoms with E-state index in [2.05, 4.69) is 27.6 Å². The first kappa shape index (κ1) is 28.6. The third-order valence-corrected chi connectivity index (χ3v) is 9.13. The van der Waals surface area contributed by atoms with Crippen LogP contribution < -0.4 is 20.5 Å². The Kier molecular flexibility index (Phi) is 7.47. The first-order valence-corrected chi connectivity index (χ1v) is 15.4. The van der Waals surface area contributed by atoms with Gasteiger partial charge in [-0.05, 0) is 97.1 Å². The fourth-order valence-corrected chi connectivity index (χ4v) is 6.33. The molecule has 1 aromatic heterocycles. The van der Waals surface area contributed by atoms with Crippen molar-refractivity contribution < 1.29 is 14.7 Å². The zero-order chi connectivity index (χ0) is 31.1. The van der Waals surface area contributed by atoms with Gasteiger partial charge in [0.25, 0.3) is 11.8 Å². The number of hydrogen-bond donors (Lipinski definition) is 3. The standard InChI is InChI=1S/C36H36N6O3/c1-23-31-22-37-42(29-11-7-27(8-12-29)38-36(45)26-4-3-24-15-18-40(2)34(24)21-26)33(31)14-13-32(23)39-35(44)25-5-9-28(10-6-25)41-19-16-30(43)17-20-41/h3-15,18,21-23,30-31,43H,16-17,19-20H2,1-2H3,(H,38,45)(H,39,44)/t23-,31?/m0/s1. The van der Waals surface area contributed by atoms with E-state index in [1.54, 1.807) is 0 Å². The molecular weight excluding hydrogens is 564 g/mol. The molecule has 3 aromatic carbocycles. The number of nitrogens with one attached hydrogen (secondary N) is 2. The number of carbonyl (C=O) groups excluding carboxylic acids is 2. The van der Waals surface area contributed by atoms with Gasteiger partial charge in [-0.25, -0.2) is 5.01 Å². The van der Waals surface area contributed by atoms with Crippen molar-refractivity contribution in [2.24, 2.45) is 24.0 Å². The van der Waals surface area contributed by atoms with Crippen molar-refractivity contribution in [3.8, 4) is 0 Å². The first-order valence-electron chi connectivity index (χ1n) is 15.4. The SMILES string of the molecule is C[C@@H]1C(NC(=O)c2ccc(N3CCC(O)CC3)cc2)=CC=C2C1C=NN2c1ccc(NC(=O)c2ccc3ccn(C)c3c2)cc1. The zero-order valence-electron chi connectivity index (χ0n) is 25.4. The largest absolute Gasteiger partial charge is 0.393 e. The van der Waals surface area contributed by atoms with E-state index in [4.69, 9.17) is 0 Å². The molecule has 0 radical (unpaired) electrons. The molecule has 7 rings (SSSR count). The Hall–Kier alpha value is -5.15. The lowest BCUT2D eigenvalue weighted by Gasteiger charge is -2.31. The van der Waals surface area contributed by atoms with Gasteiger partial charge in [0.05, 0.1) is 17.5 Å². The topological polar surface area (TPSA) is 102 Å². The average molecular weight is 601 g/mol. The van der Waals surface area contributed by atoms with E-state index in [0.717, 1.165) is 59.6 Å². The van der Waals surface area contributed by atoms with Gasteiger partial charge >= 0.3 is 0 Å². The summed E-state index contributed by atoms with van der Waals surface area (Å²) < 4.78 is 2.00. The lowest BCUT2D eigenvalue weighted by molar-refractivity contribution is 0.0960. The van der Waals surface area contributed by atoms with E-state index in [1.165, 1.54) is 0 Å². The fraction of sp³-hybridized carbons (Fsp3) is 0.250. The number of hydrazone groups is 1. The van der Waals surface area contributed by atoms with Crippen LogP contribution in [-0.4, -0.2) is 46.9 Å². The quantitative estimate of drug-likeness (QED) is 0.265. The van der Waals surface area contributed by atoms with E-state index in [1.807, 2.05) is 114 Å². The summed E-state index contributed by atoms with van der Waals surface area (Å²) in [6, 6.07) is 23.0. The Morgan fingerprint density at radius 3 is 2.29 bits per heavy atom. The maximum atomic E-state index is 13.1. The summed E-state index contributed by atoms with van der Waals surface area (Å²) in [5, 5.41) is 23.6. The molecule has 45 heavy (non-hydrogen) atoms. The second-order valence-corrected chi connectivity index (χ2v) is 12.0. The van der Waals surface area contributed by atoms with Crippen molar-refractivity contribution >= 4 is 46.0 Å². The van der Waals surface area contributed by atoms with E-state index in [0.29, 0.717) is 16.8 Å². The summed E-state index contributed by atoms with van der Waals surface area (Å²) in [6.45, 7) is 3.73. The third kappa shape index (κ3) is 5.62. The molecule has 0 spiro atoms. The van der Waals surface area contributed by atoms with Crippen LogP contribution in [0, 0.1) is 11.8 Å². The Balaban J connectivity index is 0.996. The van der Waals surface area contributed by atoms with Crippen molar-refractivity contribution in [1.29, 1.82) is 0 Å². The molecule has 1 fully saturated rings. The fourth-order valence-electron chi connectivity index (χ4n) is 6.33. The van der Waals surface area contributed by atoms with E-state index in [9.17, 15) is 14.7 Å². The van der Waals surface area contributed by atoms with Crippen LogP contribution in [0.15, 0.2) is 108 Å². The van der Waals surface area contributed by atoms with Gasteiger partial charge in [-0.3, -0.25) is 9.59 Å². The second kappa shape index (κ2) is 11.7. The first-order chi connectivity index (χ1) is 21.8. The Morgan fingerprint density at radius 2 is 1.53 bits per heavy atom. The Morgan fingerprint density at radius 1 is 0.844 bits per heavy atom. The molecule has 3 heterocycles. The van der Waals surface area contributed by atoms with Crippen LogP contribution in [0.1, 0.15) is 40.5 Å². The summed E-state index contributed by atoms with van der Waals surface area (Å²) in [7, 11) is 1.97. The van der Waals surface area contributed by atoms with Gasteiger partial charge in [-0.2, -0.15) is 5.10 Å². The van der Waals surface area contributed by atoms with Crippen molar-refractivity contribution in [3.63, 3.8) is 0 Å². The average Bonchev–Trinajstić information content (AvgIpc) is 3.67. The number of benzene rings is 3. The number of carbonyl (C=O) groups is 2. The number of hydrogen-bond acceptors (Lipinski definition) is 6. The number of rotatable bonds is 6. The number of aliphatic hydroxyl groups excluding tert-OH is 1. The molecule has 1 saturated heterocycles. The van der Waals surface area contributed by atoms with Gasteiger partial charge in [0, 0.05) is 78.1 Å². The van der Waals surface area contributed by atoms with Crippen molar-refractivity contribution in [3.05, 3.63) is 114 Å². The molecule has 9 heteroatoms. The van der Waals surface area contributed by atoms with Gasteiger partial charge in [0.2, 0.25) is 0 Å². The van der Waals surface area contributed by atoms with Gasteiger partial charge in [-0.15, -0.1) is 0 Å². The van der Waals surface area contributed by atoms with Crippen LogP contribution >= 0.6 is 0 Å². The maximum absolute atomic E-state index is 13.1. The predicted octanol–water partition coefficient (Wildman–Crippen LogP) is 5.66. The molecule has 1 unspecified atom stereocenters. The minimum atomic E-state index is -0.217. The molecule has 3 N–H and O–H groups in total. The molecule has 2 atom stereocenters. The lowest BCUT2D eigenvalue weighted by atomic mass is 9.85. The summed E-state index contributed by atoms with van der Waals surface area (Å²) >= 11 is 0. The van der Waals surface area contributed by atoms with Crippen LogP contribution in [0.4, 0.5) is 17.1 Å². The summed E-state index contributed by atoms with van der Waals surface area (Å²) in [5.74, 6) is -0.248. The predicted molar refractivity (Wildman–Crippen MR) is 178 cm³/mol. The highest BCUT2D eigenvalue weighted by Gasteiger charge is 2.34. The normalized spacial score (nSPS) is 19.7. The molecule has 1 aliphatic carbocycles. The molecule has 9 nitrogen and oxygen atoms in total. The van der Waals surface area contributed by atoms with Gasteiger partial charge in [0.1, 0.15) is 0 Å². The molecule has 4 aromatic rings. The monoisotopic (exact) mass is 600 g/mol. The molecular formula is C36H36N6O3. The Bertz CT molecular complexity index is 1850. The van der Waals surface area contributed by atoms with E-state index in [-0.39, 0.29) is 29.8 Å². The van der Waals surface area contributed by atoms with Crippen LogP contribution in [0.25, 0.3) is 10.9 Å². The number of aromatic nitrogens is 1. The Labute approximate surface area is 262 Å². The third-order valence-electron chi connectivity index (χ3n) is 9.13. The van der Waals surface area contributed by atoms with Crippen LogP contribution in [-0.2, 0) is 7.05 Å². The van der Waals surface area contributed by atoms with Crippen LogP contribution in [0.5, 0.6) is 0 Å². The molecule has 0 bridgehead atoms. The molecule has 228 valence electrons. The highest BCUT2D eigenvalue weighted by molar-refractivity contribution is 6.06. The van der Waals surface area contributed by atoms with Gasteiger partial charge in [-0.1, -0.05) is 13.0 Å². The number of nitrogens with zero attached hydrogens (tertiary/aromatic N) is 4. The summed E-state index contributed by atoms with van der Waals surface area (Å²) in [6.07, 6.45) is 9.19. The second-order valence-electron chi connectivity index (χ2n) is 12.0. The molecule has 2 aliphatic heterocycles. The number of allylic oxidation sites excluding steroid dienone is 4. The lowest BCUT2D eigenvalue weighted by Crippen LogP contribution is -2.35. The van der Waals surface area contributed by atoms with Crippen molar-refractivity contribution in [1.82, 2.24) is 9.88 Å². The maximum Gasteiger partial charge on any atom is 0.255 e. The van der Waals surface area contributed by atoms with Gasteiger partial charge < -0.3 is 25.2 Å². The van der Waals surface area contributed by atoms with E-state index >= 15 is 0 Å². The van der Waals surface area contributed by atoms with Gasteiger partial charge in [0.15, 0.2) is 0 Å². The van der Waals surface area contributed by atoms with Crippen LogP contribution in [0.2, 0.25) is 0 Å².